The van der Waals surface area contributed by atoms with Crippen molar-refractivity contribution in [2.24, 2.45) is 0 Å². The molecule has 1 atom stereocenters. The molecule has 7 nitrogen and oxygen atoms in total. The molecule has 1 saturated heterocycles. The zero-order chi connectivity index (χ0) is 17.6. The van der Waals surface area contributed by atoms with Crippen molar-refractivity contribution in [3.8, 4) is 22.8 Å². The summed E-state index contributed by atoms with van der Waals surface area (Å²) < 4.78 is 21.8. The van der Waals surface area contributed by atoms with Crippen molar-refractivity contribution < 1.29 is 23.5 Å². The van der Waals surface area contributed by atoms with Crippen molar-refractivity contribution >= 4 is 5.91 Å². The molecular weight excluding hydrogens is 336 g/mol. The first-order chi connectivity index (χ1) is 12.7. The van der Waals surface area contributed by atoms with Crippen LogP contribution in [0, 0.1) is 0 Å². The highest BCUT2D eigenvalue weighted by atomic mass is 16.7. The number of ether oxygens (including phenoxy) is 3. The van der Waals surface area contributed by atoms with Crippen LogP contribution in [-0.2, 0) is 14.9 Å². The molecule has 3 heterocycles. The van der Waals surface area contributed by atoms with Crippen molar-refractivity contribution in [1.82, 2.24) is 10.5 Å². The minimum absolute atomic E-state index is 0.0125. The fourth-order valence-corrected chi connectivity index (χ4v) is 3.59. The van der Waals surface area contributed by atoms with Gasteiger partial charge in [-0.3, -0.25) is 4.79 Å². The van der Waals surface area contributed by atoms with Crippen LogP contribution < -0.4 is 14.8 Å². The molecule has 1 amide bonds. The molecule has 1 saturated carbocycles. The lowest BCUT2D eigenvalue weighted by Gasteiger charge is -2.15. The van der Waals surface area contributed by atoms with E-state index in [4.69, 9.17) is 18.7 Å². The highest BCUT2D eigenvalue weighted by molar-refractivity contribution is 5.91. The van der Waals surface area contributed by atoms with Crippen molar-refractivity contribution in [1.29, 1.82) is 0 Å². The second-order valence-electron chi connectivity index (χ2n) is 7.07. The molecule has 7 heteroatoms. The first-order valence-corrected chi connectivity index (χ1v) is 9.02. The van der Waals surface area contributed by atoms with Gasteiger partial charge in [0.05, 0.1) is 17.2 Å². The average Bonchev–Trinajstić information content (AvgIpc) is 3.09. The van der Waals surface area contributed by atoms with E-state index in [0.29, 0.717) is 23.7 Å². The largest absolute Gasteiger partial charge is 0.454 e. The van der Waals surface area contributed by atoms with E-state index in [0.717, 1.165) is 43.6 Å². The Morgan fingerprint density at radius 1 is 1.23 bits per heavy atom. The number of rotatable bonds is 5. The summed E-state index contributed by atoms with van der Waals surface area (Å²) in [4.78, 5) is 12.7. The van der Waals surface area contributed by atoms with Gasteiger partial charge in [0.1, 0.15) is 0 Å². The normalized spacial score (nSPS) is 22.4. The number of carbonyl (C=O) groups is 1. The van der Waals surface area contributed by atoms with E-state index in [1.54, 1.807) is 0 Å². The monoisotopic (exact) mass is 356 g/mol. The molecule has 5 rings (SSSR count). The Morgan fingerprint density at radius 2 is 2.12 bits per heavy atom. The van der Waals surface area contributed by atoms with E-state index in [2.05, 4.69) is 10.5 Å². The highest BCUT2D eigenvalue weighted by Crippen LogP contribution is 2.49. The SMILES string of the molecule is O=C(NCC1CCCO1)C1(c2cc(-c3ccc4c(c3)OCO4)on2)CC1. The Hall–Kier alpha value is -2.54. The molecule has 1 aliphatic carbocycles. The smallest absolute Gasteiger partial charge is 0.232 e. The molecule has 1 N–H and O–H groups in total. The molecule has 136 valence electrons. The summed E-state index contributed by atoms with van der Waals surface area (Å²) in [5.41, 5.74) is 0.982. The fraction of sp³-hybridized carbons (Fsp3) is 0.474. The topological polar surface area (TPSA) is 82.8 Å². The van der Waals surface area contributed by atoms with Crippen molar-refractivity contribution in [2.75, 3.05) is 19.9 Å². The molecule has 1 aromatic heterocycles. The summed E-state index contributed by atoms with van der Waals surface area (Å²) in [6.07, 6.45) is 3.78. The number of amides is 1. The lowest BCUT2D eigenvalue weighted by Crippen LogP contribution is -2.39. The minimum Gasteiger partial charge on any atom is -0.454 e. The van der Waals surface area contributed by atoms with Gasteiger partial charge in [-0.05, 0) is 43.9 Å². The molecule has 0 spiro atoms. The van der Waals surface area contributed by atoms with Crippen LogP contribution in [0.25, 0.3) is 11.3 Å². The molecular formula is C19H20N2O5. The third-order valence-electron chi connectivity index (χ3n) is 5.36. The Morgan fingerprint density at radius 3 is 2.92 bits per heavy atom. The Balaban J connectivity index is 1.32. The van der Waals surface area contributed by atoms with Gasteiger partial charge in [-0.15, -0.1) is 0 Å². The van der Waals surface area contributed by atoms with E-state index < -0.39 is 5.41 Å². The fourth-order valence-electron chi connectivity index (χ4n) is 3.59. The quantitative estimate of drug-likeness (QED) is 0.886. The Labute approximate surface area is 150 Å². The van der Waals surface area contributed by atoms with Gasteiger partial charge >= 0.3 is 0 Å². The lowest BCUT2D eigenvalue weighted by molar-refractivity contribution is -0.124. The molecule has 0 bridgehead atoms. The van der Waals surface area contributed by atoms with E-state index in [1.165, 1.54) is 0 Å². The number of carbonyl (C=O) groups excluding carboxylic acids is 1. The van der Waals surface area contributed by atoms with E-state index in [9.17, 15) is 4.79 Å². The number of hydrogen-bond acceptors (Lipinski definition) is 6. The van der Waals surface area contributed by atoms with E-state index in [-0.39, 0.29) is 18.8 Å². The first-order valence-electron chi connectivity index (χ1n) is 9.02. The first kappa shape index (κ1) is 15.7. The van der Waals surface area contributed by atoms with Crippen LogP contribution >= 0.6 is 0 Å². The van der Waals surface area contributed by atoms with Crippen molar-refractivity contribution in [2.45, 2.75) is 37.2 Å². The average molecular weight is 356 g/mol. The molecule has 0 radical (unpaired) electrons. The number of benzene rings is 1. The van der Waals surface area contributed by atoms with Crippen LogP contribution in [0.5, 0.6) is 11.5 Å². The zero-order valence-corrected chi connectivity index (χ0v) is 14.3. The standard InChI is InChI=1S/C19H20N2O5/c22-18(20-10-13-2-1-7-23-13)19(5-6-19)17-9-15(26-21-17)12-3-4-14-16(8-12)25-11-24-14/h3-4,8-9,13H,1-2,5-7,10-11H2,(H,20,22). The van der Waals surface area contributed by atoms with Gasteiger partial charge in [0, 0.05) is 24.8 Å². The zero-order valence-electron chi connectivity index (χ0n) is 14.3. The second kappa shape index (κ2) is 6.02. The number of nitrogens with one attached hydrogen (secondary N) is 1. The molecule has 1 unspecified atom stereocenters. The second-order valence-corrected chi connectivity index (χ2v) is 7.07. The van der Waals surface area contributed by atoms with Crippen LogP contribution in [0.1, 0.15) is 31.4 Å². The number of nitrogens with zero attached hydrogens (tertiary/aromatic N) is 1. The molecule has 2 fully saturated rings. The van der Waals surface area contributed by atoms with Gasteiger partial charge in [-0.1, -0.05) is 5.16 Å². The maximum atomic E-state index is 12.7. The minimum atomic E-state index is -0.559. The van der Waals surface area contributed by atoms with E-state index >= 15 is 0 Å². The van der Waals surface area contributed by atoms with Gasteiger partial charge in [-0.25, -0.2) is 0 Å². The van der Waals surface area contributed by atoms with Crippen molar-refractivity contribution in [3.63, 3.8) is 0 Å². The number of fused-ring (bicyclic) bond motifs is 1. The van der Waals surface area contributed by atoms with Crippen LogP contribution in [0.3, 0.4) is 0 Å². The molecule has 3 aliphatic rings. The predicted molar refractivity (Wildman–Crippen MR) is 91.0 cm³/mol. The number of hydrogen-bond donors (Lipinski definition) is 1. The van der Waals surface area contributed by atoms with Gasteiger partial charge < -0.3 is 24.1 Å². The summed E-state index contributed by atoms with van der Waals surface area (Å²) in [6.45, 7) is 1.58. The molecule has 1 aromatic carbocycles. The van der Waals surface area contributed by atoms with Gasteiger partial charge in [-0.2, -0.15) is 0 Å². The van der Waals surface area contributed by atoms with E-state index in [1.807, 2.05) is 24.3 Å². The Bertz CT molecular complexity index is 836. The van der Waals surface area contributed by atoms with Crippen LogP contribution in [-0.4, -0.2) is 37.1 Å². The van der Waals surface area contributed by atoms with Gasteiger partial charge in [0.2, 0.25) is 12.7 Å². The summed E-state index contributed by atoms with van der Waals surface area (Å²) in [7, 11) is 0. The summed E-state index contributed by atoms with van der Waals surface area (Å²) in [5, 5.41) is 7.21. The maximum absolute atomic E-state index is 12.7. The van der Waals surface area contributed by atoms with Crippen LogP contribution in [0.4, 0.5) is 0 Å². The highest BCUT2D eigenvalue weighted by Gasteiger charge is 2.53. The molecule has 2 aromatic rings. The predicted octanol–water partition coefficient (Wildman–Crippen LogP) is 2.40. The summed E-state index contributed by atoms with van der Waals surface area (Å²) in [6, 6.07) is 7.47. The summed E-state index contributed by atoms with van der Waals surface area (Å²) >= 11 is 0. The van der Waals surface area contributed by atoms with Crippen LogP contribution in [0.15, 0.2) is 28.8 Å². The van der Waals surface area contributed by atoms with Crippen molar-refractivity contribution in [3.05, 3.63) is 30.0 Å². The third kappa shape index (κ3) is 2.63. The van der Waals surface area contributed by atoms with Crippen LogP contribution in [0.2, 0.25) is 0 Å². The number of aromatic nitrogens is 1. The molecule has 2 aliphatic heterocycles. The van der Waals surface area contributed by atoms with Gasteiger partial charge in [0.25, 0.3) is 0 Å². The molecule has 26 heavy (non-hydrogen) atoms. The summed E-state index contributed by atoms with van der Waals surface area (Å²) in [5.74, 6) is 2.05. The Kier molecular flexibility index (Phi) is 3.63. The third-order valence-corrected chi connectivity index (χ3v) is 5.36. The lowest BCUT2D eigenvalue weighted by atomic mass is 10.00. The van der Waals surface area contributed by atoms with Gasteiger partial charge in [0.15, 0.2) is 17.3 Å². The maximum Gasteiger partial charge on any atom is 0.232 e.